The number of nitrogens with zero attached hydrogens (tertiary/aromatic N) is 2. The van der Waals surface area contributed by atoms with E-state index in [-0.39, 0.29) is 11.8 Å². The highest BCUT2D eigenvalue weighted by atomic mass is 16.4. The molecular formula is C14H23N3O2. The van der Waals surface area contributed by atoms with E-state index in [9.17, 15) is 4.79 Å². The third-order valence-corrected chi connectivity index (χ3v) is 3.88. The van der Waals surface area contributed by atoms with Gasteiger partial charge in [0, 0.05) is 18.8 Å². The van der Waals surface area contributed by atoms with Gasteiger partial charge >= 0.3 is 5.97 Å². The fraction of sp³-hybridized carbons (Fsp3) is 0.714. The topological polar surface area (TPSA) is 67.2 Å². The number of hydrogen-bond acceptors (Lipinski definition) is 3. The molecule has 106 valence electrons. The second kappa shape index (κ2) is 6.19. The van der Waals surface area contributed by atoms with Gasteiger partial charge in [0.1, 0.15) is 0 Å². The Morgan fingerprint density at radius 1 is 1.58 bits per heavy atom. The van der Waals surface area contributed by atoms with E-state index in [1.807, 2.05) is 16.9 Å². The Hall–Kier alpha value is -1.36. The van der Waals surface area contributed by atoms with Gasteiger partial charge in [-0.25, -0.2) is 0 Å². The molecule has 2 rings (SSSR count). The zero-order valence-electron chi connectivity index (χ0n) is 11.7. The van der Waals surface area contributed by atoms with E-state index >= 15 is 0 Å². The Labute approximate surface area is 114 Å². The Morgan fingerprint density at radius 3 is 3.00 bits per heavy atom. The van der Waals surface area contributed by atoms with E-state index in [0.29, 0.717) is 12.6 Å². The van der Waals surface area contributed by atoms with Crippen LogP contribution in [0.5, 0.6) is 0 Å². The maximum Gasteiger partial charge on any atom is 0.306 e. The summed E-state index contributed by atoms with van der Waals surface area (Å²) < 4.78 is 1.94. The van der Waals surface area contributed by atoms with Gasteiger partial charge in [-0.15, -0.1) is 0 Å². The van der Waals surface area contributed by atoms with Crippen LogP contribution in [0.25, 0.3) is 0 Å². The minimum absolute atomic E-state index is 0.166. The van der Waals surface area contributed by atoms with E-state index in [1.165, 1.54) is 0 Å². The van der Waals surface area contributed by atoms with E-state index < -0.39 is 5.97 Å². The third-order valence-electron chi connectivity index (χ3n) is 3.88. The number of hydrogen-bond donors (Lipinski definition) is 2. The molecule has 0 amide bonds. The van der Waals surface area contributed by atoms with Gasteiger partial charge in [0.25, 0.3) is 0 Å². The van der Waals surface area contributed by atoms with Crippen molar-refractivity contribution in [2.75, 3.05) is 6.54 Å². The average Bonchev–Trinajstić information content (AvgIpc) is 2.97. The second-order valence-corrected chi connectivity index (χ2v) is 5.65. The molecule has 5 nitrogen and oxygen atoms in total. The molecule has 0 saturated heterocycles. The van der Waals surface area contributed by atoms with Crippen molar-refractivity contribution >= 4 is 5.97 Å². The van der Waals surface area contributed by atoms with Crippen molar-refractivity contribution in [2.24, 2.45) is 11.8 Å². The monoisotopic (exact) mass is 265 g/mol. The van der Waals surface area contributed by atoms with Crippen LogP contribution in [0.4, 0.5) is 0 Å². The largest absolute Gasteiger partial charge is 0.481 e. The molecule has 0 aliphatic heterocycles. The average molecular weight is 265 g/mol. The number of carbonyl (C=O) groups is 1. The Balaban J connectivity index is 1.78. The molecule has 2 atom stereocenters. The maximum absolute atomic E-state index is 11.1. The highest BCUT2D eigenvalue weighted by Gasteiger charge is 2.32. The quantitative estimate of drug-likeness (QED) is 0.826. The van der Waals surface area contributed by atoms with Gasteiger partial charge in [-0.1, -0.05) is 6.42 Å². The lowest BCUT2D eigenvalue weighted by molar-refractivity contribution is -0.142. The molecule has 0 radical (unpaired) electrons. The predicted molar refractivity (Wildman–Crippen MR) is 72.8 cm³/mol. The molecule has 1 fully saturated rings. The number of carboxylic acid groups (broad SMARTS) is 1. The fourth-order valence-electron chi connectivity index (χ4n) is 2.75. The van der Waals surface area contributed by atoms with Crippen LogP contribution >= 0.6 is 0 Å². The lowest BCUT2D eigenvalue weighted by atomic mass is 9.96. The molecule has 0 spiro atoms. The molecule has 19 heavy (non-hydrogen) atoms. The summed E-state index contributed by atoms with van der Waals surface area (Å²) in [6.45, 7) is 5.68. The van der Waals surface area contributed by atoms with Crippen molar-refractivity contribution in [3.05, 3.63) is 18.0 Å². The van der Waals surface area contributed by atoms with Crippen molar-refractivity contribution in [1.29, 1.82) is 0 Å². The highest BCUT2D eigenvalue weighted by molar-refractivity contribution is 5.70. The normalized spacial score (nSPS) is 23.1. The summed E-state index contributed by atoms with van der Waals surface area (Å²) in [4.78, 5) is 11.1. The summed E-state index contributed by atoms with van der Waals surface area (Å²) >= 11 is 0. The third kappa shape index (κ3) is 3.56. The SMILES string of the molecule is CC(C)n1ccc(CNCC2CCCC2C(=O)O)n1. The van der Waals surface area contributed by atoms with Crippen LogP contribution in [0.1, 0.15) is 44.8 Å². The van der Waals surface area contributed by atoms with Crippen LogP contribution in [-0.4, -0.2) is 27.4 Å². The van der Waals surface area contributed by atoms with Gasteiger partial charge in [-0.05, 0) is 45.2 Å². The molecule has 1 aliphatic rings. The Kier molecular flexibility index (Phi) is 4.58. The van der Waals surface area contributed by atoms with E-state index in [0.717, 1.165) is 31.5 Å². The van der Waals surface area contributed by atoms with E-state index in [1.54, 1.807) is 0 Å². The molecule has 0 aromatic carbocycles. The van der Waals surface area contributed by atoms with Crippen molar-refractivity contribution in [2.45, 2.75) is 45.7 Å². The first-order valence-corrected chi connectivity index (χ1v) is 7.05. The molecule has 2 N–H and O–H groups in total. The Bertz CT molecular complexity index is 428. The van der Waals surface area contributed by atoms with Crippen molar-refractivity contribution in [3.63, 3.8) is 0 Å². The zero-order chi connectivity index (χ0) is 13.8. The van der Waals surface area contributed by atoms with Crippen molar-refractivity contribution < 1.29 is 9.90 Å². The maximum atomic E-state index is 11.1. The second-order valence-electron chi connectivity index (χ2n) is 5.65. The number of nitrogens with one attached hydrogen (secondary N) is 1. The molecule has 1 heterocycles. The summed E-state index contributed by atoms with van der Waals surface area (Å²) in [5, 5.41) is 16.9. The van der Waals surface area contributed by atoms with Crippen LogP contribution in [0, 0.1) is 11.8 Å². The lowest BCUT2D eigenvalue weighted by Gasteiger charge is -2.15. The summed E-state index contributed by atoms with van der Waals surface area (Å²) in [7, 11) is 0. The molecule has 2 unspecified atom stereocenters. The summed E-state index contributed by atoms with van der Waals surface area (Å²) in [5.41, 5.74) is 1.01. The molecule has 1 aliphatic carbocycles. The van der Waals surface area contributed by atoms with E-state index in [4.69, 9.17) is 5.11 Å². The number of rotatable bonds is 6. The van der Waals surface area contributed by atoms with Gasteiger partial charge in [0.05, 0.1) is 11.6 Å². The van der Waals surface area contributed by atoms with Crippen LogP contribution < -0.4 is 5.32 Å². The zero-order valence-corrected chi connectivity index (χ0v) is 11.7. The van der Waals surface area contributed by atoms with Crippen LogP contribution in [0.15, 0.2) is 12.3 Å². The van der Waals surface area contributed by atoms with Gasteiger partial charge < -0.3 is 10.4 Å². The standard InChI is InChI=1S/C14H23N3O2/c1-10(2)17-7-6-12(16-17)9-15-8-11-4-3-5-13(11)14(18)19/h6-7,10-11,13,15H,3-5,8-9H2,1-2H3,(H,18,19). The van der Waals surface area contributed by atoms with Gasteiger partial charge in [0.15, 0.2) is 0 Å². The molecule has 1 saturated carbocycles. The number of aliphatic carboxylic acids is 1. The molecule has 1 aromatic rings. The van der Waals surface area contributed by atoms with Crippen LogP contribution in [0.3, 0.4) is 0 Å². The smallest absolute Gasteiger partial charge is 0.306 e. The highest BCUT2D eigenvalue weighted by Crippen LogP contribution is 2.31. The Morgan fingerprint density at radius 2 is 2.37 bits per heavy atom. The van der Waals surface area contributed by atoms with E-state index in [2.05, 4.69) is 24.3 Å². The van der Waals surface area contributed by atoms with Gasteiger partial charge in [-0.2, -0.15) is 5.10 Å². The fourth-order valence-corrected chi connectivity index (χ4v) is 2.75. The molecule has 5 heteroatoms. The molecule has 0 bridgehead atoms. The van der Waals surface area contributed by atoms with Crippen molar-refractivity contribution in [3.8, 4) is 0 Å². The first-order chi connectivity index (χ1) is 9.08. The molecular weight excluding hydrogens is 242 g/mol. The molecule has 1 aromatic heterocycles. The van der Waals surface area contributed by atoms with Crippen LogP contribution in [-0.2, 0) is 11.3 Å². The summed E-state index contributed by atoms with van der Waals surface area (Å²) in [6.07, 6.45) is 4.86. The minimum atomic E-state index is -0.645. The van der Waals surface area contributed by atoms with Gasteiger partial charge in [-0.3, -0.25) is 9.48 Å². The summed E-state index contributed by atoms with van der Waals surface area (Å²) in [5.74, 6) is -0.543. The minimum Gasteiger partial charge on any atom is -0.481 e. The van der Waals surface area contributed by atoms with Gasteiger partial charge in [0.2, 0.25) is 0 Å². The number of carboxylic acids is 1. The summed E-state index contributed by atoms with van der Waals surface area (Å²) in [6, 6.07) is 2.39. The first kappa shape index (κ1) is 14.1. The van der Waals surface area contributed by atoms with Crippen LogP contribution in [0.2, 0.25) is 0 Å². The predicted octanol–water partition coefficient (Wildman–Crippen LogP) is 2.05. The number of aromatic nitrogens is 2. The van der Waals surface area contributed by atoms with Crippen molar-refractivity contribution in [1.82, 2.24) is 15.1 Å². The lowest BCUT2D eigenvalue weighted by Crippen LogP contribution is -2.28. The first-order valence-electron chi connectivity index (χ1n) is 7.05.